The zero-order valence-electron chi connectivity index (χ0n) is 20.9. The van der Waals surface area contributed by atoms with Crippen LogP contribution in [-0.2, 0) is 13.0 Å². The molecular weight excluding hydrogens is 436 g/mol. The van der Waals surface area contributed by atoms with Gasteiger partial charge in [-0.1, -0.05) is 6.07 Å². The third-order valence-corrected chi connectivity index (χ3v) is 5.09. The average Bonchev–Trinajstić information content (AvgIpc) is 2.79. The quantitative estimate of drug-likeness (QED) is 0.305. The Kier molecular flexibility index (Phi) is 13.7. The van der Waals surface area contributed by atoms with Gasteiger partial charge >= 0.3 is 0 Å². The average molecular weight is 479 g/mol. The van der Waals surface area contributed by atoms with Gasteiger partial charge in [0, 0.05) is 33.3 Å². The molecule has 3 rings (SSSR count). The second-order valence-electron chi connectivity index (χ2n) is 7.87. The molecule has 0 aromatic carbocycles. The summed E-state index contributed by atoms with van der Waals surface area (Å²) in [5.41, 5.74) is 2.93. The summed E-state index contributed by atoms with van der Waals surface area (Å²) in [6.45, 7) is 8.15. The third kappa shape index (κ3) is 8.12. The van der Waals surface area contributed by atoms with Crippen LogP contribution in [0.25, 0.3) is 0 Å². The van der Waals surface area contributed by atoms with Crippen molar-refractivity contribution in [1.82, 2.24) is 31.2 Å². The lowest BCUT2D eigenvalue weighted by molar-refractivity contribution is 0.0955. The van der Waals surface area contributed by atoms with Crippen molar-refractivity contribution in [3.63, 3.8) is 0 Å². The molecule has 2 aromatic heterocycles. The first-order valence-corrected chi connectivity index (χ1v) is 10.9. The lowest BCUT2D eigenvalue weighted by atomic mass is 10.0. The Hall–Kier alpha value is -2.96. The van der Waals surface area contributed by atoms with Gasteiger partial charge in [-0.05, 0) is 70.6 Å². The number of nitrogens with zero attached hydrogens (tertiary/aromatic N) is 4. The maximum Gasteiger partial charge on any atom is 0.275 e. The molecule has 0 aliphatic carbocycles. The van der Waals surface area contributed by atoms with E-state index in [0.29, 0.717) is 36.1 Å². The Labute approximate surface area is 203 Å². The number of amidine groups is 1. The lowest BCUT2D eigenvalue weighted by Gasteiger charge is -2.27. The topological polar surface area (TPSA) is 184 Å². The van der Waals surface area contributed by atoms with E-state index in [9.17, 15) is 9.90 Å². The van der Waals surface area contributed by atoms with Crippen molar-refractivity contribution in [3.8, 4) is 0 Å². The van der Waals surface area contributed by atoms with E-state index in [1.54, 1.807) is 30.5 Å². The minimum absolute atomic E-state index is 0. The Balaban J connectivity index is 0. The van der Waals surface area contributed by atoms with Crippen LogP contribution in [0.2, 0.25) is 0 Å². The van der Waals surface area contributed by atoms with Crippen LogP contribution in [-0.4, -0.2) is 82.1 Å². The zero-order chi connectivity index (χ0) is 23.7. The number of carbonyl (C=O) groups excluding carboxylic acids is 1. The van der Waals surface area contributed by atoms with E-state index in [1.807, 2.05) is 44.7 Å². The number of aromatic nitrogens is 2. The Bertz CT molecular complexity index is 929. The van der Waals surface area contributed by atoms with Gasteiger partial charge in [-0.15, -0.1) is 0 Å². The highest BCUT2D eigenvalue weighted by Gasteiger charge is 2.19. The summed E-state index contributed by atoms with van der Waals surface area (Å²) in [7, 11) is 3.75. The highest BCUT2D eigenvalue weighted by atomic mass is 16.3. The van der Waals surface area contributed by atoms with Gasteiger partial charge in [0.25, 0.3) is 5.91 Å². The second-order valence-corrected chi connectivity index (χ2v) is 7.87. The Morgan fingerprint density at radius 1 is 1.29 bits per heavy atom. The number of rotatable bonds is 6. The standard InChI is InChI=1S/C21H28N6O2.C2H7N.H3N.H2O.H2/c1-4-27(14(2)3)20(22)17-6-5-7-19(24-17)25-21(29)18-10-16-12-26(13-28)9-8-15(16)11-23-18;1-3-2;;;/h5-7,10-11,14,22,28H,4,8-9,12-13H2,1-3H3,(H,24,25,29);3H,1-2H3;1H3;1H2;1H. The smallest absolute Gasteiger partial charge is 0.275 e. The van der Waals surface area contributed by atoms with Gasteiger partial charge < -0.3 is 32.3 Å². The molecular formula is C23H42N8O3. The lowest BCUT2D eigenvalue weighted by Crippen LogP contribution is -2.37. The number of hydrogen-bond acceptors (Lipinski definition) is 8. The Morgan fingerprint density at radius 2 is 1.97 bits per heavy atom. The summed E-state index contributed by atoms with van der Waals surface area (Å²) in [6.07, 6.45) is 2.54. The summed E-state index contributed by atoms with van der Waals surface area (Å²) >= 11 is 0. The van der Waals surface area contributed by atoms with Crippen molar-refractivity contribution in [2.45, 2.75) is 39.8 Å². The van der Waals surface area contributed by atoms with Crippen molar-refractivity contribution >= 4 is 17.6 Å². The van der Waals surface area contributed by atoms with Crippen LogP contribution in [0.5, 0.6) is 0 Å². The van der Waals surface area contributed by atoms with Crippen LogP contribution in [0.15, 0.2) is 30.5 Å². The molecule has 1 amide bonds. The predicted molar refractivity (Wildman–Crippen MR) is 138 cm³/mol. The molecule has 11 nitrogen and oxygen atoms in total. The molecule has 1 aliphatic heterocycles. The number of anilines is 1. The van der Waals surface area contributed by atoms with Gasteiger partial charge in [0.15, 0.2) is 0 Å². The minimum Gasteiger partial charge on any atom is -0.412 e. The normalized spacial score (nSPS) is 12.3. The number of amides is 1. The van der Waals surface area contributed by atoms with E-state index in [2.05, 4.69) is 20.6 Å². The van der Waals surface area contributed by atoms with Gasteiger partial charge in [-0.3, -0.25) is 20.1 Å². The van der Waals surface area contributed by atoms with Gasteiger partial charge in [0.05, 0.1) is 6.73 Å². The maximum atomic E-state index is 12.7. The highest BCUT2D eigenvalue weighted by molar-refractivity contribution is 6.03. The number of aliphatic hydroxyl groups is 1. The van der Waals surface area contributed by atoms with E-state index < -0.39 is 0 Å². The molecule has 3 heterocycles. The first kappa shape index (κ1) is 31.0. The molecule has 2 aromatic rings. The van der Waals surface area contributed by atoms with Gasteiger partial charge in [-0.25, -0.2) is 4.98 Å². The fourth-order valence-corrected chi connectivity index (χ4v) is 3.49. The number of carbonyl (C=O) groups is 1. The zero-order valence-corrected chi connectivity index (χ0v) is 20.9. The van der Waals surface area contributed by atoms with E-state index in [0.717, 1.165) is 24.1 Å². The monoisotopic (exact) mass is 478 g/mol. The van der Waals surface area contributed by atoms with Gasteiger partial charge in [-0.2, -0.15) is 0 Å². The predicted octanol–water partition coefficient (Wildman–Crippen LogP) is 1.51. The molecule has 192 valence electrons. The molecule has 34 heavy (non-hydrogen) atoms. The molecule has 0 radical (unpaired) electrons. The number of hydrogen-bond donors (Lipinski definition) is 5. The van der Waals surface area contributed by atoms with E-state index in [4.69, 9.17) is 5.41 Å². The second kappa shape index (κ2) is 15.0. The van der Waals surface area contributed by atoms with Crippen LogP contribution in [0.4, 0.5) is 5.82 Å². The van der Waals surface area contributed by atoms with E-state index in [-0.39, 0.29) is 31.7 Å². The molecule has 1 aliphatic rings. The first-order chi connectivity index (χ1) is 15.3. The molecule has 0 atom stereocenters. The highest BCUT2D eigenvalue weighted by Crippen LogP contribution is 2.19. The molecule has 0 fully saturated rings. The number of pyridine rings is 2. The van der Waals surface area contributed by atoms with Crippen LogP contribution < -0.4 is 16.8 Å². The number of nitrogens with one attached hydrogen (secondary N) is 3. The van der Waals surface area contributed by atoms with Crippen molar-refractivity contribution in [2.75, 3.05) is 39.2 Å². The summed E-state index contributed by atoms with van der Waals surface area (Å²) in [4.78, 5) is 25.3. The fourth-order valence-electron chi connectivity index (χ4n) is 3.49. The largest absolute Gasteiger partial charge is 0.412 e. The summed E-state index contributed by atoms with van der Waals surface area (Å²) in [5, 5.41) is 23.3. The van der Waals surface area contributed by atoms with Crippen LogP contribution >= 0.6 is 0 Å². The maximum absolute atomic E-state index is 12.7. The molecule has 11 heteroatoms. The molecule has 9 N–H and O–H groups in total. The van der Waals surface area contributed by atoms with Crippen LogP contribution in [0.3, 0.4) is 0 Å². The molecule has 0 unspecified atom stereocenters. The van der Waals surface area contributed by atoms with Gasteiger partial charge in [0.2, 0.25) is 0 Å². The SMILES string of the molecule is CCN(C(=N)c1cccc(NC(=O)c2cc3c(cn2)CCN(CO)C3)n1)C(C)C.CNC.N.O.[HH]. The first-order valence-electron chi connectivity index (χ1n) is 10.9. The van der Waals surface area contributed by atoms with Crippen molar-refractivity contribution in [3.05, 3.63) is 53.0 Å². The fraction of sp³-hybridized carbons (Fsp3) is 0.478. The van der Waals surface area contributed by atoms with E-state index >= 15 is 0 Å². The molecule has 0 bridgehead atoms. The van der Waals surface area contributed by atoms with Crippen molar-refractivity contribution < 1.29 is 16.8 Å². The Morgan fingerprint density at radius 3 is 2.56 bits per heavy atom. The van der Waals surface area contributed by atoms with Crippen LogP contribution in [0, 0.1) is 5.41 Å². The molecule has 0 saturated carbocycles. The van der Waals surface area contributed by atoms with E-state index in [1.165, 1.54) is 0 Å². The number of aliphatic hydroxyl groups excluding tert-OH is 1. The minimum atomic E-state index is -0.346. The van der Waals surface area contributed by atoms with Crippen LogP contribution in [0.1, 0.15) is 49.5 Å². The number of fused-ring (bicyclic) bond motifs is 1. The summed E-state index contributed by atoms with van der Waals surface area (Å²) < 4.78 is 0. The van der Waals surface area contributed by atoms with Crippen molar-refractivity contribution in [2.24, 2.45) is 0 Å². The third-order valence-electron chi connectivity index (χ3n) is 5.09. The summed E-state index contributed by atoms with van der Waals surface area (Å²) in [5.74, 6) is 0.365. The molecule has 0 spiro atoms. The van der Waals surface area contributed by atoms with Crippen molar-refractivity contribution in [1.29, 1.82) is 5.41 Å². The summed E-state index contributed by atoms with van der Waals surface area (Å²) in [6, 6.07) is 7.21. The van der Waals surface area contributed by atoms with Gasteiger partial charge in [0.1, 0.15) is 23.0 Å². The molecule has 0 saturated heterocycles.